The zero-order chi connectivity index (χ0) is 27.2. The van der Waals surface area contributed by atoms with Gasteiger partial charge in [-0.15, -0.1) is 0 Å². The number of aromatic nitrogens is 3. The number of ether oxygens (including phenoxy) is 1. The monoisotopic (exact) mass is 530 g/mol. The van der Waals surface area contributed by atoms with Gasteiger partial charge in [-0.3, -0.25) is 14.8 Å². The van der Waals surface area contributed by atoms with Crippen LogP contribution in [0.3, 0.4) is 0 Å². The summed E-state index contributed by atoms with van der Waals surface area (Å²) in [6.45, 7) is 3.16. The summed E-state index contributed by atoms with van der Waals surface area (Å²) in [5.74, 6) is 2.03. The number of hydrogen-bond acceptors (Lipinski definition) is 9. The zero-order valence-electron chi connectivity index (χ0n) is 22.3. The molecule has 0 aromatic carbocycles. The summed E-state index contributed by atoms with van der Waals surface area (Å²) in [6.07, 6.45) is 13.3. The molecule has 2 aliphatic heterocycles. The quantitative estimate of drug-likeness (QED) is 0.533. The summed E-state index contributed by atoms with van der Waals surface area (Å²) in [6, 6.07) is 5.95. The van der Waals surface area contributed by atoms with Crippen LogP contribution in [-0.4, -0.2) is 70.8 Å². The van der Waals surface area contributed by atoms with Crippen molar-refractivity contribution in [2.75, 3.05) is 32.1 Å². The van der Waals surface area contributed by atoms with E-state index in [1.54, 1.807) is 15.9 Å². The number of hydrogen-bond donors (Lipinski definition) is 2. The number of rotatable bonds is 8. The van der Waals surface area contributed by atoms with Crippen LogP contribution in [0.4, 0.5) is 10.6 Å². The third-order valence-electron chi connectivity index (χ3n) is 7.28. The lowest BCUT2D eigenvalue weighted by molar-refractivity contribution is -0.113. The van der Waals surface area contributed by atoms with E-state index in [0.29, 0.717) is 54.3 Å². The maximum absolute atomic E-state index is 13.2. The number of carbonyl (C=O) groups excluding carboxylic acids is 2. The lowest BCUT2D eigenvalue weighted by Crippen LogP contribution is -2.30. The third kappa shape index (κ3) is 6.42. The molecular formula is C28H34N8O3. The third-order valence-corrected chi connectivity index (χ3v) is 7.28. The van der Waals surface area contributed by atoms with Crippen LogP contribution in [0.25, 0.3) is 5.82 Å². The van der Waals surface area contributed by atoms with Crippen LogP contribution in [0, 0.1) is 12.8 Å². The maximum Gasteiger partial charge on any atom is 0.406 e. The molecule has 4 heterocycles. The van der Waals surface area contributed by atoms with E-state index >= 15 is 0 Å². The molecule has 11 nitrogen and oxygen atoms in total. The molecule has 2 N–H and O–H groups in total. The van der Waals surface area contributed by atoms with Crippen LogP contribution < -0.4 is 10.6 Å². The van der Waals surface area contributed by atoms with Gasteiger partial charge in [-0.1, -0.05) is 12.1 Å². The average Bonchev–Trinajstić information content (AvgIpc) is 3.38. The molecule has 0 saturated heterocycles. The predicted molar refractivity (Wildman–Crippen MR) is 149 cm³/mol. The normalized spacial score (nSPS) is 21.2. The van der Waals surface area contributed by atoms with E-state index in [1.165, 1.54) is 7.11 Å². The molecule has 0 unspecified atom stereocenters. The molecule has 0 atom stereocenters. The minimum Gasteiger partial charge on any atom is -0.453 e. The fourth-order valence-electron chi connectivity index (χ4n) is 5.04. The van der Waals surface area contributed by atoms with Crippen LogP contribution in [-0.2, 0) is 9.53 Å². The van der Waals surface area contributed by atoms with Crippen molar-refractivity contribution in [2.45, 2.75) is 44.9 Å². The van der Waals surface area contributed by atoms with Gasteiger partial charge in [-0.2, -0.15) is 14.9 Å². The molecule has 1 amide bonds. The van der Waals surface area contributed by atoms with Gasteiger partial charge in [0.25, 0.3) is 0 Å². The summed E-state index contributed by atoms with van der Waals surface area (Å²) in [7, 11) is 1.38. The number of anilines is 1. The number of alkyl carbamates (subject to hydrolysis) is 1. The second-order valence-corrected chi connectivity index (χ2v) is 10.1. The van der Waals surface area contributed by atoms with Crippen molar-refractivity contribution in [3.63, 3.8) is 0 Å². The minimum absolute atomic E-state index is 0.0825. The molecule has 1 aliphatic carbocycles. The van der Waals surface area contributed by atoms with Gasteiger partial charge >= 0.3 is 6.09 Å². The van der Waals surface area contributed by atoms with Crippen LogP contribution in [0.15, 0.2) is 58.0 Å². The first kappa shape index (κ1) is 26.3. The zero-order valence-corrected chi connectivity index (χ0v) is 22.3. The van der Waals surface area contributed by atoms with Gasteiger partial charge in [0.15, 0.2) is 11.6 Å². The number of ketones is 1. The van der Waals surface area contributed by atoms with E-state index in [4.69, 9.17) is 5.10 Å². The summed E-state index contributed by atoms with van der Waals surface area (Å²) in [5.41, 5.74) is 3.27. The Morgan fingerprint density at radius 2 is 2.03 bits per heavy atom. The van der Waals surface area contributed by atoms with Crippen molar-refractivity contribution in [1.82, 2.24) is 25.1 Å². The van der Waals surface area contributed by atoms with Gasteiger partial charge in [0.1, 0.15) is 5.82 Å². The minimum atomic E-state index is -0.390. The highest BCUT2D eigenvalue weighted by Crippen LogP contribution is 2.36. The largest absolute Gasteiger partial charge is 0.453 e. The topological polar surface area (TPSA) is 126 Å². The smallest absolute Gasteiger partial charge is 0.406 e. The Balaban J connectivity index is 1.30. The fourth-order valence-corrected chi connectivity index (χ4v) is 5.04. The van der Waals surface area contributed by atoms with E-state index < -0.39 is 6.09 Å². The van der Waals surface area contributed by atoms with Crippen molar-refractivity contribution < 1.29 is 14.3 Å². The van der Waals surface area contributed by atoms with Crippen molar-refractivity contribution in [3.8, 4) is 5.82 Å². The Labute approximate surface area is 227 Å². The number of carbonyl (C=O) groups is 2. The molecule has 2 aromatic heterocycles. The number of pyridine rings is 1. The SMILES string of the molecule is COC(=O)NCC1CCC(c2cc(NCC(=O)C3=C4CN(/C=C\CC=N4)N=C3)n(-c3ccc(C)cn3)n2)CC1. The number of aryl methyl sites for hydroxylation is 1. The molecule has 2 aromatic rings. The maximum atomic E-state index is 13.2. The first-order valence-corrected chi connectivity index (χ1v) is 13.3. The first-order valence-electron chi connectivity index (χ1n) is 13.3. The molecule has 2 bridgehead atoms. The molecule has 0 radical (unpaired) electrons. The number of amides is 1. The van der Waals surface area contributed by atoms with E-state index in [1.807, 2.05) is 49.8 Å². The number of methoxy groups -OCH3 is 1. The summed E-state index contributed by atoms with van der Waals surface area (Å²) in [5, 5.41) is 17.2. The first-order chi connectivity index (χ1) is 19.0. The number of nitrogens with zero attached hydrogens (tertiary/aromatic N) is 6. The summed E-state index contributed by atoms with van der Waals surface area (Å²) < 4.78 is 6.46. The highest BCUT2D eigenvalue weighted by molar-refractivity contribution is 6.15. The Hall–Kier alpha value is -4.28. The van der Waals surface area contributed by atoms with Gasteiger partial charge < -0.3 is 15.4 Å². The van der Waals surface area contributed by atoms with Crippen LogP contribution in [0.1, 0.15) is 49.3 Å². The Bertz CT molecular complexity index is 1320. The van der Waals surface area contributed by atoms with Gasteiger partial charge in [0.05, 0.1) is 43.4 Å². The van der Waals surface area contributed by atoms with E-state index in [-0.39, 0.29) is 12.3 Å². The van der Waals surface area contributed by atoms with Crippen LogP contribution >= 0.6 is 0 Å². The number of fused-ring (bicyclic) bond motifs is 2. The molecule has 3 aliphatic rings. The standard InChI is InChI=1S/C28H34N8O3/c1-19-5-10-26(30-14-19)36-27(13-23(34-36)21-8-6-20(7-9-21)15-32-28(38)39-2)31-17-25(37)22-16-33-35-12-4-3-11-29-24(22)18-35/h4-5,10-14,16,20-21,31H,3,6-9,15,17-18H2,1-2H3,(H,32,38)/b12-4-,29-11?. The second-order valence-electron chi connectivity index (χ2n) is 10.1. The lowest BCUT2D eigenvalue weighted by Gasteiger charge is -2.27. The molecule has 1 fully saturated rings. The van der Waals surface area contributed by atoms with Crippen molar-refractivity contribution in [2.24, 2.45) is 16.0 Å². The molecular weight excluding hydrogens is 496 g/mol. The fraction of sp³-hybridized carbons (Fsp3) is 0.429. The van der Waals surface area contributed by atoms with Crippen LogP contribution in [0.2, 0.25) is 0 Å². The Morgan fingerprint density at radius 3 is 2.79 bits per heavy atom. The second kappa shape index (κ2) is 12.1. The van der Waals surface area contributed by atoms with Crippen molar-refractivity contribution >= 4 is 30.1 Å². The van der Waals surface area contributed by atoms with E-state index in [0.717, 1.165) is 36.9 Å². The van der Waals surface area contributed by atoms with Gasteiger partial charge in [0, 0.05) is 43.6 Å². The number of hydrazone groups is 1. The highest BCUT2D eigenvalue weighted by Gasteiger charge is 2.26. The van der Waals surface area contributed by atoms with Crippen molar-refractivity contribution in [1.29, 1.82) is 0 Å². The molecule has 5 rings (SSSR count). The number of nitrogens with one attached hydrogen (secondary N) is 2. The highest BCUT2D eigenvalue weighted by atomic mass is 16.5. The number of aliphatic imine (C=N–C) groups is 1. The number of allylic oxidation sites excluding steroid dienone is 1. The predicted octanol–water partition coefficient (Wildman–Crippen LogP) is 3.73. The molecule has 11 heteroatoms. The Morgan fingerprint density at radius 1 is 1.18 bits per heavy atom. The van der Waals surface area contributed by atoms with Gasteiger partial charge in [-0.25, -0.2) is 9.78 Å². The average molecular weight is 531 g/mol. The lowest BCUT2D eigenvalue weighted by atomic mass is 9.80. The molecule has 39 heavy (non-hydrogen) atoms. The van der Waals surface area contributed by atoms with Gasteiger partial charge in [0.2, 0.25) is 0 Å². The van der Waals surface area contributed by atoms with Crippen molar-refractivity contribution in [3.05, 3.63) is 59.2 Å². The van der Waals surface area contributed by atoms with Gasteiger partial charge in [-0.05, 0) is 50.2 Å². The summed E-state index contributed by atoms with van der Waals surface area (Å²) in [4.78, 5) is 33.7. The van der Waals surface area contributed by atoms with E-state index in [9.17, 15) is 9.59 Å². The van der Waals surface area contributed by atoms with Crippen LogP contribution in [0.5, 0.6) is 0 Å². The Kier molecular flexibility index (Phi) is 8.14. The molecule has 0 spiro atoms. The molecule has 204 valence electrons. The molecule has 1 saturated carbocycles. The number of Topliss-reactive ketones (excluding diaryl/α,β-unsaturated/α-hetero) is 1. The summed E-state index contributed by atoms with van der Waals surface area (Å²) >= 11 is 0. The van der Waals surface area contributed by atoms with E-state index in [2.05, 4.69) is 30.4 Å².